The minimum absolute atomic E-state index is 0.0960. The molecule has 0 spiro atoms. The molecule has 1 fully saturated rings. The van der Waals surface area contributed by atoms with Crippen molar-refractivity contribution in [2.75, 3.05) is 44.3 Å². The summed E-state index contributed by atoms with van der Waals surface area (Å²) in [6.45, 7) is 19.7. The molecule has 1 unspecified atom stereocenters. The van der Waals surface area contributed by atoms with Gasteiger partial charge in [0.1, 0.15) is 0 Å². The van der Waals surface area contributed by atoms with Gasteiger partial charge in [0.25, 0.3) is 0 Å². The lowest BCUT2D eigenvalue weighted by Gasteiger charge is -2.36. The normalized spacial score (nSPS) is 16.8. The van der Waals surface area contributed by atoms with Crippen LogP contribution in [0.15, 0.2) is 24.3 Å². The number of carbonyl (C=O) groups is 1. The Labute approximate surface area is 177 Å². The third-order valence-corrected chi connectivity index (χ3v) is 5.04. The van der Waals surface area contributed by atoms with Crippen molar-refractivity contribution in [2.45, 2.75) is 66.5 Å². The summed E-state index contributed by atoms with van der Waals surface area (Å²) in [5.74, 6) is 0.205. The van der Waals surface area contributed by atoms with Gasteiger partial charge in [-0.15, -0.1) is 0 Å². The van der Waals surface area contributed by atoms with Gasteiger partial charge in [-0.1, -0.05) is 32.9 Å². The van der Waals surface area contributed by atoms with Crippen molar-refractivity contribution in [1.29, 1.82) is 0 Å². The first-order valence-electron chi connectivity index (χ1n) is 10.9. The Morgan fingerprint density at radius 1 is 1.03 bits per heavy atom. The zero-order valence-electron chi connectivity index (χ0n) is 19.5. The van der Waals surface area contributed by atoms with E-state index in [1.54, 1.807) is 0 Å². The van der Waals surface area contributed by atoms with Gasteiger partial charge in [0, 0.05) is 43.4 Å². The van der Waals surface area contributed by atoms with Crippen molar-refractivity contribution in [3.05, 3.63) is 29.8 Å². The third kappa shape index (κ3) is 8.35. The number of nitrogens with one attached hydrogen (secondary N) is 1. The maximum atomic E-state index is 12.4. The van der Waals surface area contributed by atoms with Crippen LogP contribution in [0.4, 0.5) is 5.69 Å². The third-order valence-electron chi connectivity index (χ3n) is 5.04. The monoisotopic (exact) mass is 403 g/mol. The average molecular weight is 404 g/mol. The summed E-state index contributed by atoms with van der Waals surface area (Å²) >= 11 is 0. The largest absolute Gasteiger partial charge is 0.380 e. The number of nitrogens with zero attached hydrogens (tertiary/aromatic N) is 2. The first-order chi connectivity index (χ1) is 13.4. The minimum atomic E-state index is 0.0960. The fraction of sp³-hybridized carbons (Fsp3) is 0.708. The fourth-order valence-electron chi connectivity index (χ4n) is 3.62. The molecule has 0 bridgehead atoms. The Kier molecular flexibility index (Phi) is 8.12. The Bertz CT molecular complexity index is 636. The lowest BCUT2D eigenvalue weighted by molar-refractivity contribution is -0.132. The molecule has 1 aliphatic heterocycles. The Hall–Kier alpha value is -1.59. The molecule has 0 aromatic heterocycles. The number of carbonyl (C=O) groups excluding carboxylic acids is 1. The smallest absolute Gasteiger partial charge is 0.225 e. The van der Waals surface area contributed by atoms with E-state index < -0.39 is 0 Å². The van der Waals surface area contributed by atoms with Crippen LogP contribution in [0.2, 0.25) is 0 Å². The number of piperazine rings is 1. The molecule has 2 rings (SSSR count). The number of ether oxygens (including phenoxy) is 1. The lowest BCUT2D eigenvalue weighted by Crippen LogP contribution is -2.49. The lowest BCUT2D eigenvalue weighted by atomic mass is 9.99. The summed E-state index contributed by atoms with van der Waals surface area (Å²) in [6, 6.07) is 9.15. The molecule has 1 heterocycles. The highest BCUT2D eigenvalue weighted by molar-refractivity contribution is 5.76. The number of hydrogen-bond acceptors (Lipinski definition) is 4. The molecule has 0 aliphatic carbocycles. The van der Waals surface area contributed by atoms with Crippen LogP contribution in [0.1, 0.15) is 66.5 Å². The van der Waals surface area contributed by atoms with E-state index in [1.165, 1.54) is 11.3 Å². The highest BCUT2D eigenvalue weighted by atomic mass is 16.5. The number of anilines is 1. The minimum Gasteiger partial charge on any atom is -0.380 e. The van der Waals surface area contributed by atoms with Crippen molar-refractivity contribution >= 4 is 11.6 Å². The van der Waals surface area contributed by atoms with Gasteiger partial charge in [-0.3, -0.25) is 4.79 Å². The van der Waals surface area contributed by atoms with Gasteiger partial charge in [-0.05, 0) is 50.8 Å². The number of rotatable bonds is 7. The van der Waals surface area contributed by atoms with Crippen LogP contribution in [0, 0.1) is 5.41 Å². The summed E-state index contributed by atoms with van der Waals surface area (Å²) in [5, 5.41) is 3.61. The van der Waals surface area contributed by atoms with Crippen LogP contribution < -0.4 is 10.2 Å². The van der Waals surface area contributed by atoms with Gasteiger partial charge in [0.05, 0.1) is 19.6 Å². The van der Waals surface area contributed by atoms with Crippen LogP contribution in [-0.2, 0) is 9.53 Å². The summed E-state index contributed by atoms with van der Waals surface area (Å²) < 4.78 is 5.65. The van der Waals surface area contributed by atoms with E-state index in [1.807, 2.05) is 4.90 Å². The molecule has 0 radical (unpaired) electrons. The molecule has 164 valence electrons. The van der Waals surface area contributed by atoms with Crippen molar-refractivity contribution in [2.24, 2.45) is 5.41 Å². The number of hydrogen-bond donors (Lipinski definition) is 1. The second kappa shape index (κ2) is 9.94. The summed E-state index contributed by atoms with van der Waals surface area (Å²) in [4.78, 5) is 16.8. The van der Waals surface area contributed by atoms with Crippen molar-refractivity contribution in [3.8, 4) is 0 Å². The molecule has 0 saturated carbocycles. The van der Waals surface area contributed by atoms with Crippen LogP contribution in [0.3, 0.4) is 0 Å². The second-order valence-corrected chi connectivity index (χ2v) is 10.4. The SMILES string of the molecule is CC(NC(C)(C)C)c1ccc(N2CCN(C(=O)CCOCC(C)(C)C)CC2)cc1. The first kappa shape index (κ1) is 23.7. The highest BCUT2D eigenvalue weighted by Gasteiger charge is 2.22. The Morgan fingerprint density at radius 2 is 1.62 bits per heavy atom. The number of amides is 1. The Morgan fingerprint density at radius 3 is 2.14 bits per heavy atom. The first-order valence-corrected chi connectivity index (χ1v) is 10.9. The summed E-state index contributed by atoms with van der Waals surface area (Å²) in [7, 11) is 0. The van der Waals surface area contributed by atoms with Gasteiger partial charge in [0.15, 0.2) is 0 Å². The predicted molar refractivity (Wildman–Crippen MR) is 121 cm³/mol. The fourth-order valence-corrected chi connectivity index (χ4v) is 3.62. The van der Waals surface area contributed by atoms with Crippen molar-refractivity contribution in [3.63, 3.8) is 0 Å². The summed E-state index contributed by atoms with van der Waals surface area (Å²) in [5.41, 5.74) is 2.77. The molecule has 29 heavy (non-hydrogen) atoms. The van der Waals surface area contributed by atoms with E-state index in [0.29, 0.717) is 25.7 Å². The molecule has 1 aromatic carbocycles. The molecule has 5 heteroatoms. The predicted octanol–water partition coefficient (Wildman–Crippen LogP) is 4.24. The topological polar surface area (TPSA) is 44.8 Å². The van der Waals surface area contributed by atoms with E-state index in [-0.39, 0.29) is 16.9 Å². The Balaban J connectivity index is 1.78. The molecule has 1 aromatic rings. The molecular formula is C24H41N3O2. The highest BCUT2D eigenvalue weighted by Crippen LogP contribution is 2.22. The van der Waals surface area contributed by atoms with Gasteiger partial charge in [-0.25, -0.2) is 0 Å². The van der Waals surface area contributed by atoms with Crippen LogP contribution >= 0.6 is 0 Å². The van der Waals surface area contributed by atoms with Crippen molar-refractivity contribution in [1.82, 2.24) is 10.2 Å². The van der Waals surface area contributed by atoms with Gasteiger partial charge in [0.2, 0.25) is 5.91 Å². The standard InChI is InChI=1S/C24H41N3O2/c1-19(25-24(5,6)7)20-8-10-21(11-9-20)26-13-15-27(16-14-26)22(28)12-17-29-18-23(2,3)4/h8-11,19,25H,12-18H2,1-7H3. The van der Waals surface area contributed by atoms with E-state index in [2.05, 4.69) is 82.9 Å². The zero-order valence-corrected chi connectivity index (χ0v) is 19.5. The zero-order chi connectivity index (χ0) is 21.7. The van der Waals surface area contributed by atoms with E-state index >= 15 is 0 Å². The van der Waals surface area contributed by atoms with Gasteiger partial charge in [-0.2, -0.15) is 0 Å². The van der Waals surface area contributed by atoms with Gasteiger partial charge < -0.3 is 19.9 Å². The molecule has 5 nitrogen and oxygen atoms in total. The van der Waals surface area contributed by atoms with Crippen LogP contribution in [0.25, 0.3) is 0 Å². The molecule has 1 aliphatic rings. The molecule has 1 atom stereocenters. The number of benzene rings is 1. The average Bonchev–Trinajstić information content (AvgIpc) is 2.63. The molecule has 1 amide bonds. The maximum absolute atomic E-state index is 12.4. The maximum Gasteiger partial charge on any atom is 0.225 e. The van der Waals surface area contributed by atoms with E-state index in [4.69, 9.17) is 4.74 Å². The van der Waals surface area contributed by atoms with Crippen LogP contribution in [0.5, 0.6) is 0 Å². The van der Waals surface area contributed by atoms with E-state index in [0.717, 1.165) is 26.2 Å². The van der Waals surface area contributed by atoms with Gasteiger partial charge >= 0.3 is 0 Å². The van der Waals surface area contributed by atoms with Crippen molar-refractivity contribution < 1.29 is 9.53 Å². The molecular weight excluding hydrogens is 362 g/mol. The second-order valence-electron chi connectivity index (χ2n) is 10.4. The summed E-state index contributed by atoms with van der Waals surface area (Å²) in [6.07, 6.45) is 0.476. The molecule has 1 N–H and O–H groups in total. The van der Waals surface area contributed by atoms with Crippen LogP contribution in [-0.4, -0.2) is 55.7 Å². The molecule has 1 saturated heterocycles. The quantitative estimate of drug-likeness (QED) is 0.692. The van der Waals surface area contributed by atoms with E-state index in [9.17, 15) is 4.79 Å².